The highest BCUT2D eigenvalue weighted by molar-refractivity contribution is 5.95. The monoisotopic (exact) mass is 314 g/mol. The molecule has 120 valence electrons. The van der Waals surface area contributed by atoms with Crippen molar-refractivity contribution in [1.82, 2.24) is 0 Å². The van der Waals surface area contributed by atoms with Crippen molar-refractivity contribution in [3.05, 3.63) is 53.8 Å². The quantitative estimate of drug-likeness (QED) is 0.882. The number of anilines is 2. The third-order valence-corrected chi connectivity index (χ3v) is 4.00. The molecule has 1 aliphatic heterocycles. The van der Waals surface area contributed by atoms with Crippen molar-refractivity contribution in [2.24, 2.45) is 0 Å². The van der Waals surface area contributed by atoms with E-state index in [0.717, 1.165) is 29.8 Å². The van der Waals surface area contributed by atoms with Crippen LogP contribution in [0.4, 0.5) is 15.8 Å². The van der Waals surface area contributed by atoms with E-state index in [0.29, 0.717) is 6.54 Å². The normalized spacial score (nSPS) is 13.5. The summed E-state index contributed by atoms with van der Waals surface area (Å²) in [5, 5.41) is 0. The van der Waals surface area contributed by atoms with Crippen molar-refractivity contribution >= 4 is 17.3 Å². The molecule has 0 spiro atoms. The molecule has 0 saturated heterocycles. The van der Waals surface area contributed by atoms with Gasteiger partial charge >= 0.3 is 0 Å². The highest BCUT2D eigenvalue weighted by atomic mass is 19.1. The molecule has 0 unspecified atom stereocenters. The van der Waals surface area contributed by atoms with Gasteiger partial charge in [0, 0.05) is 17.9 Å². The molecule has 2 aromatic carbocycles. The number of ether oxygens (including phenoxy) is 1. The zero-order valence-corrected chi connectivity index (χ0v) is 12.8. The number of para-hydroxylation sites is 1. The van der Waals surface area contributed by atoms with Gasteiger partial charge in [0.05, 0.1) is 13.0 Å². The summed E-state index contributed by atoms with van der Waals surface area (Å²) in [6, 6.07) is 11.8. The third-order valence-electron chi connectivity index (χ3n) is 4.00. The van der Waals surface area contributed by atoms with E-state index in [1.807, 2.05) is 18.2 Å². The SMILES string of the molecule is Nc1cccc2c1CCCN2C(=O)CCOc1ccccc1F. The Bertz CT molecular complexity index is 718. The van der Waals surface area contributed by atoms with Gasteiger partial charge in [0.2, 0.25) is 5.91 Å². The molecule has 0 aromatic heterocycles. The number of rotatable bonds is 4. The van der Waals surface area contributed by atoms with Crippen LogP contribution in [0.2, 0.25) is 0 Å². The van der Waals surface area contributed by atoms with Crippen LogP contribution in [-0.4, -0.2) is 19.1 Å². The Labute approximate surface area is 134 Å². The van der Waals surface area contributed by atoms with Gasteiger partial charge < -0.3 is 15.4 Å². The second-order valence-corrected chi connectivity index (χ2v) is 5.52. The summed E-state index contributed by atoms with van der Waals surface area (Å²) < 4.78 is 18.8. The minimum Gasteiger partial charge on any atom is -0.490 e. The summed E-state index contributed by atoms with van der Waals surface area (Å²) in [5.41, 5.74) is 8.63. The number of benzene rings is 2. The first-order chi connectivity index (χ1) is 11.2. The van der Waals surface area contributed by atoms with Gasteiger partial charge in [-0.3, -0.25) is 4.79 Å². The van der Waals surface area contributed by atoms with Crippen LogP contribution >= 0.6 is 0 Å². The lowest BCUT2D eigenvalue weighted by Crippen LogP contribution is -2.36. The molecule has 5 heteroatoms. The maximum absolute atomic E-state index is 13.5. The highest BCUT2D eigenvalue weighted by Crippen LogP contribution is 2.31. The lowest BCUT2D eigenvalue weighted by Gasteiger charge is -2.30. The highest BCUT2D eigenvalue weighted by Gasteiger charge is 2.23. The van der Waals surface area contributed by atoms with E-state index in [2.05, 4.69) is 0 Å². The number of carbonyl (C=O) groups is 1. The van der Waals surface area contributed by atoms with Crippen molar-refractivity contribution < 1.29 is 13.9 Å². The third kappa shape index (κ3) is 3.28. The molecule has 0 atom stereocenters. The van der Waals surface area contributed by atoms with E-state index in [1.165, 1.54) is 6.07 Å². The van der Waals surface area contributed by atoms with E-state index < -0.39 is 5.82 Å². The average molecular weight is 314 g/mol. The summed E-state index contributed by atoms with van der Waals surface area (Å²) in [6.07, 6.45) is 1.97. The molecule has 2 aromatic rings. The standard InChI is InChI=1S/C18H19FN2O2/c19-14-6-1-2-9-17(14)23-12-10-18(22)21-11-4-5-13-15(20)7-3-8-16(13)21/h1-3,6-9H,4-5,10-12,20H2. The van der Waals surface area contributed by atoms with Gasteiger partial charge in [-0.1, -0.05) is 18.2 Å². The number of hydrogen-bond donors (Lipinski definition) is 1. The molecular formula is C18H19FN2O2. The summed E-state index contributed by atoms with van der Waals surface area (Å²) in [4.78, 5) is 14.2. The predicted molar refractivity (Wildman–Crippen MR) is 88.0 cm³/mol. The van der Waals surface area contributed by atoms with Crippen LogP contribution in [0, 0.1) is 5.82 Å². The zero-order chi connectivity index (χ0) is 16.2. The number of amides is 1. The number of fused-ring (bicyclic) bond motifs is 1. The van der Waals surface area contributed by atoms with Crippen LogP contribution in [0.3, 0.4) is 0 Å². The largest absolute Gasteiger partial charge is 0.490 e. The van der Waals surface area contributed by atoms with E-state index in [9.17, 15) is 9.18 Å². The Balaban J connectivity index is 1.64. The van der Waals surface area contributed by atoms with Crippen LogP contribution in [0.1, 0.15) is 18.4 Å². The van der Waals surface area contributed by atoms with Crippen LogP contribution in [0.25, 0.3) is 0 Å². The Morgan fingerprint density at radius 3 is 2.87 bits per heavy atom. The Morgan fingerprint density at radius 1 is 1.22 bits per heavy atom. The van der Waals surface area contributed by atoms with Gasteiger partial charge in [-0.2, -0.15) is 0 Å². The Kier molecular flexibility index (Phi) is 4.46. The second-order valence-electron chi connectivity index (χ2n) is 5.52. The number of carbonyl (C=O) groups excluding carboxylic acids is 1. The lowest BCUT2D eigenvalue weighted by molar-refractivity contribution is -0.119. The summed E-state index contributed by atoms with van der Waals surface area (Å²) in [6.45, 7) is 0.822. The minimum atomic E-state index is -0.420. The van der Waals surface area contributed by atoms with E-state index >= 15 is 0 Å². The smallest absolute Gasteiger partial charge is 0.230 e. The number of nitrogens with zero attached hydrogens (tertiary/aromatic N) is 1. The summed E-state index contributed by atoms with van der Waals surface area (Å²) >= 11 is 0. The number of nitrogen functional groups attached to an aromatic ring is 1. The van der Waals surface area contributed by atoms with E-state index in [-0.39, 0.29) is 24.7 Å². The fourth-order valence-corrected chi connectivity index (χ4v) is 2.86. The van der Waals surface area contributed by atoms with Crippen molar-refractivity contribution in [2.45, 2.75) is 19.3 Å². The molecule has 0 aliphatic carbocycles. The van der Waals surface area contributed by atoms with Gasteiger partial charge in [0.15, 0.2) is 11.6 Å². The maximum Gasteiger partial charge on any atom is 0.230 e. The maximum atomic E-state index is 13.5. The first-order valence-electron chi connectivity index (χ1n) is 7.72. The molecule has 2 N–H and O–H groups in total. The fraction of sp³-hybridized carbons (Fsp3) is 0.278. The molecular weight excluding hydrogens is 295 g/mol. The summed E-state index contributed by atoms with van der Waals surface area (Å²) in [7, 11) is 0. The van der Waals surface area contributed by atoms with Crippen molar-refractivity contribution in [1.29, 1.82) is 0 Å². The van der Waals surface area contributed by atoms with Gasteiger partial charge in [-0.05, 0) is 42.7 Å². The van der Waals surface area contributed by atoms with Crippen LogP contribution in [-0.2, 0) is 11.2 Å². The van der Waals surface area contributed by atoms with Crippen LogP contribution < -0.4 is 15.4 Å². The molecule has 0 radical (unpaired) electrons. The molecule has 4 nitrogen and oxygen atoms in total. The number of hydrogen-bond acceptors (Lipinski definition) is 3. The molecule has 1 aliphatic rings. The average Bonchev–Trinajstić information content (AvgIpc) is 2.56. The second kappa shape index (κ2) is 6.69. The molecule has 3 rings (SSSR count). The van der Waals surface area contributed by atoms with Crippen molar-refractivity contribution in [3.63, 3.8) is 0 Å². The molecule has 23 heavy (non-hydrogen) atoms. The summed E-state index contributed by atoms with van der Waals surface area (Å²) in [5.74, 6) is -0.285. The van der Waals surface area contributed by atoms with Gasteiger partial charge in [0.1, 0.15) is 0 Å². The van der Waals surface area contributed by atoms with Crippen LogP contribution in [0.5, 0.6) is 5.75 Å². The van der Waals surface area contributed by atoms with Gasteiger partial charge in [0.25, 0.3) is 0 Å². The van der Waals surface area contributed by atoms with Crippen molar-refractivity contribution in [2.75, 3.05) is 23.8 Å². The predicted octanol–water partition coefficient (Wildman–Crippen LogP) is 3.16. The zero-order valence-electron chi connectivity index (χ0n) is 12.8. The van der Waals surface area contributed by atoms with Gasteiger partial charge in [-0.15, -0.1) is 0 Å². The lowest BCUT2D eigenvalue weighted by atomic mass is 9.99. The molecule has 0 saturated carbocycles. The Morgan fingerprint density at radius 2 is 2.04 bits per heavy atom. The number of nitrogens with two attached hydrogens (primary N) is 1. The molecule has 0 fully saturated rings. The first-order valence-corrected chi connectivity index (χ1v) is 7.72. The molecule has 1 heterocycles. The van der Waals surface area contributed by atoms with E-state index in [4.69, 9.17) is 10.5 Å². The van der Waals surface area contributed by atoms with E-state index in [1.54, 1.807) is 23.1 Å². The van der Waals surface area contributed by atoms with Crippen LogP contribution in [0.15, 0.2) is 42.5 Å². The Hall–Kier alpha value is -2.56. The minimum absolute atomic E-state index is 0.0344. The fourth-order valence-electron chi connectivity index (χ4n) is 2.86. The van der Waals surface area contributed by atoms with Crippen molar-refractivity contribution in [3.8, 4) is 5.75 Å². The number of halogens is 1. The topological polar surface area (TPSA) is 55.6 Å². The molecule has 1 amide bonds. The first kappa shape index (κ1) is 15.3. The van der Waals surface area contributed by atoms with Gasteiger partial charge in [-0.25, -0.2) is 4.39 Å². The molecule has 0 bridgehead atoms.